The molecule has 128 valence electrons. The number of piperidine rings is 1. The minimum Gasteiger partial charge on any atom is -0.444 e. The Bertz CT molecular complexity index is 668. The minimum atomic E-state index is -0.549. The van der Waals surface area contributed by atoms with Gasteiger partial charge in [-0.05, 0) is 42.5 Å². The van der Waals surface area contributed by atoms with Gasteiger partial charge in [0.2, 0.25) is 0 Å². The van der Waals surface area contributed by atoms with Crippen molar-refractivity contribution in [3.63, 3.8) is 0 Å². The van der Waals surface area contributed by atoms with E-state index in [0.29, 0.717) is 17.3 Å². The van der Waals surface area contributed by atoms with Crippen molar-refractivity contribution in [3.05, 3.63) is 34.5 Å². The van der Waals surface area contributed by atoms with Crippen LogP contribution in [0.5, 0.6) is 0 Å². The first-order chi connectivity index (χ1) is 11.6. The van der Waals surface area contributed by atoms with Gasteiger partial charge in [-0.25, -0.2) is 9.18 Å². The van der Waals surface area contributed by atoms with Crippen molar-refractivity contribution in [2.45, 2.75) is 25.9 Å². The maximum absolute atomic E-state index is 14.5. The summed E-state index contributed by atoms with van der Waals surface area (Å²) in [6, 6.07) is 4.81. The topological polar surface area (TPSA) is 81.5 Å². The molecule has 2 fully saturated rings. The molecule has 0 spiro atoms. The smallest absolute Gasteiger partial charge is 0.414 e. The number of carbonyl (C=O) groups is 1. The first-order valence-corrected chi connectivity index (χ1v) is 8.12. The Morgan fingerprint density at radius 3 is 2.83 bits per heavy atom. The third-order valence-corrected chi connectivity index (χ3v) is 4.59. The molecule has 7 nitrogen and oxygen atoms in total. The van der Waals surface area contributed by atoms with E-state index in [2.05, 4.69) is 16.9 Å². The summed E-state index contributed by atoms with van der Waals surface area (Å²) in [5, 5.41) is 3.41. The summed E-state index contributed by atoms with van der Waals surface area (Å²) in [6.45, 7) is 4.22. The molecule has 24 heavy (non-hydrogen) atoms. The second kappa shape index (κ2) is 6.97. The average molecular weight is 333 g/mol. The molecule has 0 bridgehead atoms. The number of carbonyl (C=O) groups excluding carboxylic acids is 1. The summed E-state index contributed by atoms with van der Waals surface area (Å²) in [5.41, 5.74) is 9.36. The highest BCUT2D eigenvalue weighted by Crippen LogP contribution is 2.30. The van der Waals surface area contributed by atoms with Gasteiger partial charge in [0.15, 0.2) is 0 Å². The van der Waals surface area contributed by atoms with Gasteiger partial charge in [0.1, 0.15) is 11.9 Å². The Balaban J connectivity index is 1.72. The lowest BCUT2D eigenvalue weighted by molar-refractivity contribution is 0.145. The number of hydrogen-bond acceptors (Lipinski definition) is 4. The van der Waals surface area contributed by atoms with E-state index in [4.69, 9.17) is 10.3 Å². The fourth-order valence-corrected chi connectivity index (χ4v) is 3.12. The highest BCUT2D eigenvalue weighted by molar-refractivity contribution is 5.90. The number of hydrogen-bond donors (Lipinski definition) is 0. The van der Waals surface area contributed by atoms with Crippen molar-refractivity contribution < 1.29 is 13.9 Å². The lowest BCUT2D eigenvalue weighted by Crippen LogP contribution is -2.33. The van der Waals surface area contributed by atoms with Gasteiger partial charge in [0.25, 0.3) is 0 Å². The van der Waals surface area contributed by atoms with Crippen molar-refractivity contribution in [1.82, 2.24) is 0 Å². The number of cyclic esters (lactones) is 1. The summed E-state index contributed by atoms with van der Waals surface area (Å²) < 4.78 is 19.6. The Morgan fingerprint density at radius 1 is 1.42 bits per heavy atom. The van der Waals surface area contributed by atoms with Crippen molar-refractivity contribution in [1.29, 1.82) is 0 Å². The molecule has 2 aliphatic heterocycles. The maximum atomic E-state index is 14.5. The van der Waals surface area contributed by atoms with E-state index >= 15 is 0 Å². The number of amides is 1. The molecule has 0 aromatic heterocycles. The lowest BCUT2D eigenvalue weighted by atomic mass is 9.99. The number of ether oxygens (including phenoxy) is 1. The molecule has 3 rings (SSSR count). The zero-order valence-electron chi connectivity index (χ0n) is 13.6. The highest BCUT2D eigenvalue weighted by Gasteiger charge is 2.32. The van der Waals surface area contributed by atoms with Crippen LogP contribution in [0.1, 0.15) is 19.8 Å². The third kappa shape index (κ3) is 3.38. The number of rotatable bonds is 4. The van der Waals surface area contributed by atoms with E-state index < -0.39 is 12.2 Å². The first kappa shape index (κ1) is 16.4. The second-order valence-corrected chi connectivity index (χ2v) is 6.34. The number of benzene rings is 1. The Hall–Kier alpha value is -2.47. The Labute approximate surface area is 139 Å². The molecular weight excluding hydrogens is 313 g/mol. The molecule has 8 heteroatoms. The summed E-state index contributed by atoms with van der Waals surface area (Å²) in [6.07, 6.45) is 1.06. The largest absolute Gasteiger partial charge is 0.444 e. The van der Waals surface area contributed by atoms with Crippen LogP contribution >= 0.6 is 0 Å². The molecular formula is C16H20FN5O2. The van der Waals surface area contributed by atoms with Crippen molar-refractivity contribution in [3.8, 4) is 0 Å². The highest BCUT2D eigenvalue weighted by atomic mass is 19.1. The van der Waals surface area contributed by atoms with Crippen molar-refractivity contribution in [2.75, 3.05) is 36.0 Å². The van der Waals surface area contributed by atoms with Gasteiger partial charge in [-0.15, -0.1) is 0 Å². The fraction of sp³-hybridized carbons (Fsp3) is 0.562. The van der Waals surface area contributed by atoms with Crippen molar-refractivity contribution in [2.24, 2.45) is 11.0 Å². The van der Waals surface area contributed by atoms with E-state index in [1.165, 1.54) is 11.0 Å². The van der Waals surface area contributed by atoms with E-state index in [0.717, 1.165) is 25.9 Å². The molecule has 0 radical (unpaired) electrons. The van der Waals surface area contributed by atoms with Crippen LogP contribution in [0.25, 0.3) is 10.4 Å². The lowest BCUT2D eigenvalue weighted by Gasteiger charge is -2.32. The molecule has 2 saturated heterocycles. The predicted molar refractivity (Wildman–Crippen MR) is 88.6 cm³/mol. The fourth-order valence-electron chi connectivity index (χ4n) is 3.12. The molecule has 0 unspecified atom stereocenters. The van der Waals surface area contributed by atoms with Crippen LogP contribution < -0.4 is 9.80 Å². The number of anilines is 2. The van der Waals surface area contributed by atoms with Crippen LogP contribution in [0, 0.1) is 11.7 Å². The summed E-state index contributed by atoms with van der Waals surface area (Å²) in [4.78, 5) is 18.0. The zero-order chi connectivity index (χ0) is 17.1. The number of halogens is 1. The van der Waals surface area contributed by atoms with Gasteiger partial charge in [-0.3, -0.25) is 4.90 Å². The molecule has 2 aliphatic rings. The molecule has 1 aromatic rings. The van der Waals surface area contributed by atoms with Crippen molar-refractivity contribution >= 4 is 17.5 Å². The molecule has 1 amide bonds. The Kier molecular flexibility index (Phi) is 4.76. The number of nitrogens with zero attached hydrogens (tertiary/aromatic N) is 5. The van der Waals surface area contributed by atoms with Crippen LogP contribution in [0.4, 0.5) is 20.6 Å². The van der Waals surface area contributed by atoms with Gasteiger partial charge in [0, 0.05) is 18.0 Å². The van der Waals surface area contributed by atoms with E-state index in [9.17, 15) is 9.18 Å². The summed E-state index contributed by atoms with van der Waals surface area (Å²) in [7, 11) is 0. The maximum Gasteiger partial charge on any atom is 0.414 e. The third-order valence-electron chi connectivity index (χ3n) is 4.59. The van der Waals surface area contributed by atoms with Crippen LogP contribution in [0.3, 0.4) is 0 Å². The molecule has 2 heterocycles. The second-order valence-electron chi connectivity index (χ2n) is 6.34. The zero-order valence-corrected chi connectivity index (χ0v) is 13.6. The quantitative estimate of drug-likeness (QED) is 0.478. The van der Waals surface area contributed by atoms with Gasteiger partial charge >= 0.3 is 6.09 Å². The summed E-state index contributed by atoms with van der Waals surface area (Å²) >= 11 is 0. The average Bonchev–Trinajstić information content (AvgIpc) is 2.95. The van der Waals surface area contributed by atoms with Gasteiger partial charge in [-0.1, -0.05) is 12.0 Å². The monoisotopic (exact) mass is 333 g/mol. The van der Waals surface area contributed by atoms with E-state index in [-0.39, 0.29) is 18.9 Å². The SMILES string of the molecule is CC1CCN(c2ccc(N3C[C@H](CN=[N+]=[N-])OC3=O)cc2F)CC1. The molecule has 1 aromatic carbocycles. The van der Waals surface area contributed by atoms with E-state index in [1.807, 2.05) is 4.90 Å². The minimum absolute atomic E-state index is 0.0747. The standard InChI is InChI=1S/C16H20FN5O2/c1-11-4-6-21(7-5-11)15-3-2-12(8-14(15)17)22-10-13(9-19-20-18)24-16(22)23/h2-3,8,11,13H,4-7,9-10H2,1H3/t13-/m0/s1. The van der Waals surface area contributed by atoms with Gasteiger partial charge in [0.05, 0.1) is 24.5 Å². The van der Waals surface area contributed by atoms with Gasteiger partial charge in [-0.2, -0.15) is 0 Å². The van der Waals surface area contributed by atoms with Crippen LogP contribution in [0.2, 0.25) is 0 Å². The van der Waals surface area contributed by atoms with Crippen LogP contribution in [0.15, 0.2) is 23.3 Å². The Morgan fingerprint density at radius 2 is 2.17 bits per heavy atom. The number of azide groups is 1. The predicted octanol–water partition coefficient (Wildman–Crippen LogP) is 3.70. The molecule has 0 aliphatic carbocycles. The summed E-state index contributed by atoms with van der Waals surface area (Å²) in [5.74, 6) is 0.337. The normalized spacial score (nSPS) is 21.6. The molecule has 0 saturated carbocycles. The van der Waals surface area contributed by atoms with Gasteiger partial charge < -0.3 is 9.64 Å². The molecule has 1 atom stereocenters. The van der Waals surface area contributed by atoms with Crippen LogP contribution in [-0.4, -0.2) is 38.4 Å². The van der Waals surface area contributed by atoms with E-state index in [1.54, 1.807) is 12.1 Å². The van der Waals surface area contributed by atoms with Crippen LogP contribution in [-0.2, 0) is 4.74 Å². The molecule has 0 N–H and O–H groups in total. The first-order valence-electron chi connectivity index (χ1n) is 8.12.